The third-order valence-electron chi connectivity index (χ3n) is 12.2. The molecule has 60 heavy (non-hydrogen) atoms. The van der Waals surface area contributed by atoms with Crippen LogP contribution in [0.3, 0.4) is 0 Å². The minimum atomic E-state index is -0.643. The van der Waals surface area contributed by atoms with Crippen molar-refractivity contribution in [2.75, 3.05) is 0 Å². The summed E-state index contributed by atoms with van der Waals surface area (Å²) in [5.74, 6) is 2.41. The minimum Gasteiger partial charge on any atom is -0.457 e. The van der Waals surface area contributed by atoms with E-state index in [1.165, 1.54) is 22.3 Å². The Balaban J connectivity index is 1.14. The van der Waals surface area contributed by atoms with Crippen LogP contribution in [-0.2, 0) is 5.41 Å². The van der Waals surface area contributed by atoms with Crippen LogP contribution in [0.15, 0.2) is 212 Å². The molecular weight excluding hydrogens is 731 g/mol. The summed E-state index contributed by atoms with van der Waals surface area (Å²) in [5, 5.41) is 1.11. The number of rotatable bonds is 5. The number of aromatic nitrogens is 3. The predicted octanol–water partition coefficient (Wildman–Crippen LogP) is 13.8. The first kappa shape index (κ1) is 34.1. The van der Waals surface area contributed by atoms with Crippen LogP contribution in [0.25, 0.3) is 78.2 Å². The molecule has 3 heterocycles. The minimum absolute atomic E-state index is 0.643. The maximum atomic E-state index is 6.71. The maximum Gasteiger partial charge on any atom is 0.160 e. The van der Waals surface area contributed by atoms with Crippen LogP contribution in [0.2, 0.25) is 0 Å². The summed E-state index contributed by atoms with van der Waals surface area (Å²) in [4.78, 5) is 15.4. The Hall–Kier alpha value is -7.95. The van der Waals surface area contributed by atoms with E-state index in [1.807, 2.05) is 24.4 Å². The Labute approximate surface area is 348 Å². The monoisotopic (exact) mass is 765 g/mol. The normalized spacial score (nSPS) is 12.9. The largest absolute Gasteiger partial charge is 0.457 e. The molecule has 0 atom stereocenters. The number of pyridine rings is 1. The summed E-state index contributed by atoms with van der Waals surface area (Å²) in [5.41, 5.74) is 16.7. The summed E-state index contributed by atoms with van der Waals surface area (Å²) in [6, 6.07) is 72.9. The lowest BCUT2D eigenvalue weighted by atomic mass is 9.66. The van der Waals surface area contributed by atoms with Gasteiger partial charge in [0.25, 0.3) is 0 Å². The van der Waals surface area contributed by atoms with Crippen molar-refractivity contribution in [1.29, 1.82) is 0 Å². The fourth-order valence-corrected chi connectivity index (χ4v) is 9.69. The Morgan fingerprint density at radius 1 is 0.367 bits per heavy atom. The van der Waals surface area contributed by atoms with Crippen LogP contribution in [0.5, 0.6) is 11.5 Å². The smallest absolute Gasteiger partial charge is 0.160 e. The van der Waals surface area contributed by atoms with Crippen LogP contribution in [0.4, 0.5) is 0 Å². The van der Waals surface area contributed by atoms with E-state index in [0.717, 1.165) is 83.9 Å². The van der Waals surface area contributed by atoms with Crippen molar-refractivity contribution in [2.24, 2.45) is 0 Å². The van der Waals surface area contributed by atoms with Gasteiger partial charge >= 0.3 is 0 Å². The van der Waals surface area contributed by atoms with Gasteiger partial charge < -0.3 is 4.74 Å². The molecule has 4 nitrogen and oxygen atoms in total. The third-order valence-corrected chi connectivity index (χ3v) is 12.2. The van der Waals surface area contributed by atoms with E-state index in [9.17, 15) is 0 Å². The van der Waals surface area contributed by atoms with Gasteiger partial charge in [-0.05, 0) is 69.3 Å². The van der Waals surface area contributed by atoms with Gasteiger partial charge in [-0.3, -0.25) is 4.98 Å². The van der Waals surface area contributed by atoms with E-state index in [1.54, 1.807) is 0 Å². The van der Waals surface area contributed by atoms with Crippen molar-refractivity contribution in [3.8, 4) is 78.8 Å². The molecule has 2 aliphatic rings. The van der Waals surface area contributed by atoms with Crippen LogP contribution in [0, 0.1) is 0 Å². The molecule has 0 bridgehead atoms. The van der Waals surface area contributed by atoms with Crippen molar-refractivity contribution >= 4 is 10.9 Å². The molecule has 1 aliphatic heterocycles. The number of hydrogen-bond donors (Lipinski definition) is 0. The SMILES string of the molecule is c1ccc(-c2cc(-c3ccccc3)nc(-c3cccc(-c4cccc5c4-c4c(-c6cccc7cccnc67)cccc4C54c5ccccc5Oc5ccccc54)c3)n2)cc1. The van der Waals surface area contributed by atoms with Gasteiger partial charge in [0.2, 0.25) is 0 Å². The Morgan fingerprint density at radius 2 is 0.867 bits per heavy atom. The number of benzene rings is 8. The summed E-state index contributed by atoms with van der Waals surface area (Å²) in [7, 11) is 0. The van der Waals surface area contributed by atoms with Gasteiger partial charge in [-0.1, -0.05) is 176 Å². The molecule has 0 N–H and O–H groups in total. The summed E-state index contributed by atoms with van der Waals surface area (Å²) >= 11 is 0. The predicted molar refractivity (Wildman–Crippen MR) is 242 cm³/mol. The molecular formula is C56H35N3O. The highest BCUT2D eigenvalue weighted by molar-refractivity contribution is 6.06. The molecule has 0 saturated carbocycles. The quantitative estimate of drug-likeness (QED) is 0.175. The average Bonchev–Trinajstić information content (AvgIpc) is 3.63. The zero-order chi connectivity index (χ0) is 39.6. The van der Waals surface area contributed by atoms with Crippen LogP contribution >= 0.6 is 0 Å². The van der Waals surface area contributed by atoms with E-state index in [0.29, 0.717) is 5.82 Å². The van der Waals surface area contributed by atoms with E-state index < -0.39 is 5.41 Å². The highest BCUT2D eigenvalue weighted by atomic mass is 16.5. The first-order valence-corrected chi connectivity index (χ1v) is 20.3. The Bertz CT molecular complexity index is 3190. The lowest BCUT2D eigenvalue weighted by Gasteiger charge is -2.39. The van der Waals surface area contributed by atoms with Gasteiger partial charge in [0.05, 0.1) is 22.3 Å². The fourth-order valence-electron chi connectivity index (χ4n) is 9.69. The molecule has 0 fully saturated rings. The topological polar surface area (TPSA) is 47.9 Å². The second kappa shape index (κ2) is 13.6. The Morgan fingerprint density at radius 3 is 1.55 bits per heavy atom. The Kier molecular flexibility index (Phi) is 7.72. The molecule has 0 saturated heterocycles. The van der Waals surface area contributed by atoms with Crippen molar-refractivity contribution in [3.05, 3.63) is 235 Å². The molecule has 0 unspecified atom stereocenters. The maximum absolute atomic E-state index is 6.71. The zero-order valence-corrected chi connectivity index (χ0v) is 32.5. The highest BCUT2D eigenvalue weighted by Crippen LogP contribution is 2.65. The highest BCUT2D eigenvalue weighted by Gasteiger charge is 2.52. The zero-order valence-electron chi connectivity index (χ0n) is 32.5. The van der Waals surface area contributed by atoms with Gasteiger partial charge in [-0.2, -0.15) is 0 Å². The van der Waals surface area contributed by atoms with E-state index in [2.05, 4.69) is 188 Å². The number of fused-ring (bicyclic) bond motifs is 10. The van der Waals surface area contributed by atoms with Gasteiger partial charge in [-0.25, -0.2) is 9.97 Å². The number of ether oxygens (including phenoxy) is 1. The molecule has 10 aromatic rings. The summed E-state index contributed by atoms with van der Waals surface area (Å²) < 4.78 is 6.71. The van der Waals surface area contributed by atoms with E-state index >= 15 is 0 Å². The number of hydrogen-bond acceptors (Lipinski definition) is 4. The first-order valence-electron chi connectivity index (χ1n) is 20.3. The molecule has 1 spiro atoms. The molecule has 12 rings (SSSR count). The number of nitrogens with zero attached hydrogens (tertiary/aromatic N) is 3. The first-order chi connectivity index (χ1) is 29.8. The van der Waals surface area contributed by atoms with Crippen LogP contribution < -0.4 is 4.74 Å². The van der Waals surface area contributed by atoms with Crippen molar-refractivity contribution in [2.45, 2.75) is 5.41 Å². The molecule has 2 aromatic heterocycles. The van der Waals surface area contributed by atoms with Gasteiger partial charge in [-0.15, -0.1) is 0 Å². The lowest BCUT2D eigenvalue weighted by Crippen LogP contribution is -2.32. The molecule has 1 aliphatic carbocycles. The second-order valence-electron chi connectivity index (χ2n) is 15.5. The van der Waals surface area contributed by atoms with Crippen molar-refractivity contribution in [3.63, 3.8) is 0 Å². The molecule has 280 valence electrons. The lowest BCUT2D eigenvalue weighted by molar-refractivity contribution is 0.436. The van der Waals surface area contributed by atoms with Gasteiger partial charge in [0.1, 0.15) is 11.5 Å². The van der Waals surface area contributed by atoms with Crippen molar-refractivity contribution in [1.82, 2.24) is 15.0 Å². The summed E-state index contributed by atoms with van der Waals surface area (Å²) in [6.45, 7) is 0. The van der Waals surface area contributed by atoms with Crippen molar-refractivity contribution < 1.29 is 4.74 Å². The van der Waals surface area contributed by atoms with Crippen LogP contribution in [-0.4, -0.2) is 15.0 Å². The fraction of sp³-hybridized carbons (Fsp3) is 0.0179. The van der Waals surface area contributed by atoms with Gasteiger partial charge in [0.15, 0.2) is 5.82 Å². The van der Waals surface area contributed by atoms with Gasteiger partial charge in [0, 0.05) is 45.0 Å². The van der Waals surface area contributed by atoms with E-state index in [-0.39, 0.29) is 0 Å². The van der Waals surface area contributed by atoms with Crippen LogP contribution in [0.1, 0.15) is 22.3 Å². The molecule has 0 radical (unpaired) electrons. The third kappa shape index (κ3) is 5.14. The molecule has 0 amide bonds. The molecule has 4 heteroatoms. The van der Waals surface area contributed by atoms with E-state index in [4.69, 9.17) is 19.7 Å². The summed E-state index contributed by atoms with van der Waals surface area (Å²) in [6.07, 6.45) is 1.89. The average molecular weight is 766 g/mol. The molecule has 8 aromatic carbocycles. The number of para-hydroxylation sites is 3. The second-order valence-corrected chi connectivity index (χ2v) is 15.5. The standard InChI is InChI=1S/C56H35N3O/c1-3-16-36(17-4-1)48-35-49(37-18-5-2-6-19-37)59-55(58-48)40-22-11-21-39(34-40)41-24-13-29-46-52(41)53-42(43-26-12-20-38-23-15-33-57-54(38)43)25-14-30-47(53)56(46)44-27-7-9-31-50(44)60-51-32-10-8-28-45(51)56/h1-35H.